The van der Waals surface area contributed by atoms with Gasteiger partial charge in [-0.2, -0.15) is 0 Å². The predicted molar refractivity (Wildman–Crippen MR) is 78.5 cm³/mol. The van der Waals surface area contributed by atoms with E-state index in [-0.39, 0.29) is 5.91 Å². The number of benzene rings is 1. The molecule has 2 N–H and O–H groups in total. The molecule has 19 heavy (non-hydrogen) atoms. The highest BCUT2D eigenvalue weighted by molar-refractivity contribution is 5.95. The molecule has 1 saturated heterocycles. The van der Waals surface area contributed by atoms with Crippen LogP contribution in [0.2, 0.25) is 0 Å². The number of amides is 1. The second-order valence-electron chi connectivity index (χ2n) is 5.43. The molecule has 4 nitrogen and oxygen atoms in total. The monoisotopic (exact) mass is 261 g/mol. The van der Waals surface area contributed by atoms with Crippen LogP contribution in [0.25, 0.3) is 0 Å². The third-order valence-electron chi connectivity index (χ3n) is 3.76. The van der Waals surface area contributed by atoms with Crippen molar-refractivity contribution in [1.82, 2.24) is 4.90 Å². The molecule has 1 aliphatic rings. The van der Waals surface area contributed by atoms with Gasteiger partial charge in [-0.3, -0.25) is 4.79 Å². The maximum absolute atomic E-state index is 12.4. The van der Waals surface area contributed by atoms with Gasteiger partial charge in [-0.05, 0) is 43.5 Å². The smallest absolute Gasteiger partial charge is 0.253 e. The van der Waals surface area contributed by atoms with Crippen molar-refractivity contribution in [3.05, 3.63) is 29.8 Å². The summed E-state index contributed by atoms with van der Waals surface area (Å²) in [7, 11) is 3.97. The minimum atomic E-state index is 0.142. The topological polar surface area (TPSA) is 49.6 Å². The summed E-state index contributed by atoms with van der Waals surface area (Å²) < 4.78 is 0. The van der Waals surface area contributed by atoms with Gasteiger partial charge in [0.1, 0.15) is 0 Å². The standard InChI is InChI=1S/C15H23N3O/c1-17(2)14-5-3-4-13(10-14)15(19)18-9-7-12(11-18)6-8-16/h3-5,10,12H,6-9,11,16H2,1-2H3. The van der Waals surface area contributed by atoms with Gasteiger partial charge in [-0.1, -0.05) is 6.07 Å². The van der Waals surface area contributed by atoms with Gasteiger partial charge in [0, 0.05) is 38.4 Å². The zero-order chi connectivity index (χ0) is 13.8. The molecule has 1 aliphatic heterocycles. The first-order valence-electron chi connectivity index (χ1n) is 6.88. The van der Waals surface area contributed by atoms with Crippen LogP contribution in [0.15, 0.2) is 24.3 Å². The summed E-state index contributed by atoms with van der Waals surface area (Å²) in [5.74, 6) is 0.717. The van der Waals surface area contributed by atoms with Crippen molar-refractivity contribution in [3.63, 3.8) is 0 Å². The molecular formula is C15H23N3O. The molecule has 1 atom stereocenters. The van der Waals surface area contributed by atoms with Crippen LogP contribution in [0, 0.1) is 5.92 Å². The van der Waals surface area contributed by atoms with Crippen LogP contribution in [0.5, 0.6) is 0 Å². The zero-order valence-corrected chi connectivity index (χ0v) is 11.8. The summed E-state index contributed by atoms with van der Waals surface area (Å²) in [6, 6.07) is 7.80. The van der Waals surface area contributed by atoms with Crippen molar-refractivity contribution in [3.8, 4) is 0 Å². The Morgan fingerprint density at radius 3 is 2.95 bits per heavy atom. The molecule has 0 aliphatic carbocycles. The minimum Gasteiger partial charge on any atom is -0.378 e. The van der Waals surface area contributed by atoms with Crippen molar-refractivity contribution in [1.29, 1.82) is 0 Å². The van der Waals surface area contributed by atoms with Crippen LogP contribution >= 0.6 is 0 Å². The minimum absolute atomic E-state index is 0.142. The highest BCUT2D eigenvalue weighted by Gasteiger charge is 2.26. The Morgan fingerprint density at radius 2 is 2.26 bits per heavy atom. The third-order valence-corrected chi connectivity index (χ3v) is 3.76. The van der Waals surface area contributed by atoms with E-state index >= 15 is 0 Å². The van der Waals surface area contributed by atoms with Gasteiger partial charge < -0.3 is 15.5 Å². The first-order chi connectivity index (χ1) is 9.11. The summed E-state index contributed by atoms with van der Waals surface area (Å²) in [6.07, 6.45) is 2.10. The van der Waals surface area contributed by atoms with Crippen LogP contribution in [0.1, 0.15) is 23.2 Å². The van der Waals surface area contributed by atoms with Crippen LogP contribution in [0.3, 0.4) is 0 Å². The van der Waals surface area contributed by atoms with Crippen LogP contribution < -0.4 is 10.6 Å². The highest BCUT2D eigenvalue weighted by Crippen LogP contribution is 2.22. The Balaban J connectivity index is 2.06. The van der Waals surface area contributed by atoms with Crippen LogP contribution in [-0.4, -0.2) is 44.5 Å². The van der Waals surface area contributed by atoms with Gasteiger partial charge in [-0.25, -0.2) is 0 Å². The van der Waals surface area contributed by atoms with Crippen molar-refractivity contribution < 1.29 is 4.79 Å². The molecule has 2 rings (SSSR count). The number of carbonyl (C=O) groups is 1. The quantitative estimate of drug-likeness (QED) is 0.895. The van der Waals surface area contributed by atoms with Crippen LogP contribution in [0.4, 0.5) is 5.69 Å². The third kappa shape index (κ3) is 3.26. The van der Waals surface area contributed by atoms with E-state index in [0.29, 0.717) is 12.5 Å². The molecule has 1 heterocycles. The molecule has 4 heteroatoms. The number of likely N-dealkylation sites (tertiary alicyclic amines) is 1. The van der Waals surface area contributed by atoms with Gasteiger partial charge in [0.2, 0.25) is 0 Å². The van der Waals surface area contributed by atoms with E-state index in [4.69, 9.17) is 5.73 Å². The number of nitrogens with two attached hydrogens (primary N) is 1. The lowest BCUT2D eigenvalue weighted by Crippen LogP contribution is -2.29. The van der Waals surface area contributed by atoms with E-state index in [1.165, 1.54) is 0 Å². The van der Waals surface area contributed by atoms with Gasteiger partial charge >= 0.3 is 0 Å². The van der Waals surface area contributed by atoms with Crippen LogP contribution in [-0.2, 0) is 0 Å². The van der Waals surface area contributed by atoms with E-state index < -0.39 is 0 Å². The summed E-state index contributed by atoms with van der Waals surface area (Å²) >= 11 is 0. The second kappa shape index (κ2) is 6.06. The van der Waals surface area contributed by atoms with Gasteiger partial charge in [0.05, 0.1) is 0 Å². The molecule has 1 aromatic rings. The molecule has 0 aromatic heterocycles. The van der Waals surface area contributed by atoms with E-state index in [1.807, 2.05) is 48.2 Å². The molecule has 0 radical (unpaired) electrons. The number of hydrogen-bond acceptors (Lipinski definition) is 3. The summed E-state index contributed by atoms with van der Waals surface area (Å²) in [4.78, 5) is 16.4. The lowest BCUT2D eigenvalue weighted by Gasteiger charge is -2.18. The Bertz CT molecular complexity index is 445. The first-order valence-corrected chi connectivity index (χ1v) is 6.88. The molecule has 0 spiro atoms. The van der Waals surface area contributed by atoms with Crippen molar-refractivity contribution in [2.24, 2.45) is 11.7 Å². The Hall–Kier alpha value is -1.55. The summed E-state index contributed by atoms with van der Waals surface area (Å²) in [5.41, 5.74) is 7.42. The van der Waals surface area contributed by atoms with Crippen molar-refractivity contribution in [2.75, 3.05) is 38.6 Å². The fourth-order valence-electron chi connectivity index (χ4n) is 2.59. The Kier molecular flexibility index (Phi) is 4.43. The molecule has 1 amide bonds. The van der Waals surface area contributed by atoms with E-state index in [0.717, 1.165) is 37.2 Å². The SMILES string of the molecule is CN(C)c1cccc(C(=O)N2CCC(CCN)C2)c1. The average molecular weight is 261 g/mol. The van der Waals surface area contributed by atoms with Gasteiger partial charge in [0.15, 0.2) is 0 Å². The molecule has 0 saturated carbocycles. The average Bonchev–Trinajstić information content (AvgIpc) is 2.87. The molecule has 1 unspecified atom stereocenters. The number of hydrogen-bond donors (Lipinski definition) is 1. The molecule has 1 aromatic carbocycles. The maximum atomic E-state index is 12.4. The largest absolute Gasteiger partial charge is 0.378 e. The van der Waals surface area contributed by atoms with E-state index in [2.05, 4.69) is 0 Å². The van der Waals surface area contributed by atoms with Crippen molar-refractivity contribution in [2.45, 2.75) is 12.8 Å². The highest BCUT2D eigenvalue weighted by atomic mass is 16.2. The van der Waals surface area contributed by atoms with Gasteiger partial charge in [0.25, 0.3) is 5.91 Å². The first kappa shape index (κ1) is 13.9. The van der Waals surface area contributed by atoms with Gasteiger partial charge in [-0.15, -0.1) is 0 Å². The molecule has 104 valence electrons. The van der Waals surface area contributed by atoms with E-state index in [1.54, 1.807) is 0 Å². The number of nitrogens with zero attached hydrogens (tertiary/aromatic N) is 2. The number of rotatable bonds is 4. The molecule has 1 fully saturated rings. The zero-order valence-electron chi connectivity index (χ0n) is 11.8. The summed E-state index contributed by atoms with van der Waals surface area (Å²) in [5, 5.41) is 0. The lowest BCUT2D eigenvalue weighted by molar-refractivity contribution is 0.0786. The number of carbonyl (C=O) groups excluding carboxylic acids is 1. The summed E-state index contributed by atoms with van der Waals surface area (Å²) in [6.45, 7) is 2.42. The predicted octanol–water partition coefficient (Wildman–Crippen LogP) is 1.56. The van der Waals surface area contributed by atoms with Crippen molar-refractivity contribution >= 4 is 11.6 Å². The maximum Gasteiger partial charge on any atom is 0.253 e. The lowest BCUT2D eigenvalue weighted by atomic mass is 10.1. The Labute approximate surface area is 115 Å². The fraction of sp³-hybridized carbons (Fsp3) is 0.533. The Morgan fingerprint density at radius 1 is 1.47 bits per heavy atom. The second-order valence-corrected chi connectivity index (χ2v) is 5.43. The fourth-order valence-corrected chi connectivity index (χ4v) is 2.59. The molecular weight excluding hydrogens is 238 g/mol. The molecule has 0 bridgehead atoms. The normalized spacial score (nSPS) is 18.7. The van der Waals surface area contributed by atoms with E-state index in [9.17, 15) is 4.79 Å². The number of anilines is 1.